The van der Waals surface area contributed by atoms with Gasteiger partial charge in [-0.2, -0.15) is 33.7 Å². The molecule has 27 nitrogen and oxygen atoms in total. The van der Waals surface area contributed by atoms with Crippen molar-refractivity contribution >= 4 is 59.9 Å². The highest BCUT2D eigenvalue weighted by Crippen LogP contribution is 2.30. The fourth-order valence-electron chi connectivity index (χ4n) is 3.65. The van der Waals surface area contributed by atoms with Gasteiger partial charge in [0.2, 0.25) is 0 Å². The van der Waals surface area contributed by atoms with Gasteiger partial charge in [-0.15, -0.1) is 0 Å². The number of carbonyl (C=O) groups excluding carboxylic acids is 3. The smallest absolute Gasteiger partial charge is 0.409 e. The number of alkyl carbamates (subject to hydrolysis) is 2. The Morgan fingerprint density at radius 3 is 1.51 bits per heavy atom. The first-order valence-corrected chi connectivity index (χ1v) is 19.0. The van der Waals surface area contributed by atoms with Gasteiger partial charge in [0.1, 0.15) is 6.10 Å². The molecule has 51 heavy (non-hydrogen) atoms. The molecule has 0 spiro atoms. The lowest BCUT2D eigenvalue weighted by molar-refractivity contribution is 0.0636. The average Bonchev–Trinajstić information content (AvgIpc) is 3.58. The largest absolute Gasteiger partial charge is 0.453 e. The van der Waals surface area contributed by atoms with E-state index >= 15 is 0 Å². The molecule has 302 valence electrons. The summed E-state index contributed by atoms with van der Waals surface area (Å²) >= 11 is 0. The molecular formula is C20H39N3O24S4. The van der Waals surface area contributed by atoms with E-state index in [0.717, 1.165) is 19.1 Å². The Labute approximate surface area is 292 Å². The van der Waals surface area contributed by atoms with Crippen LogP contribution in [-0.4, -0.2) is 173 Å². The van der Waals surface area contributed by atoms with E-state index in [0.29, 0.717) is 19.1 Å². The number of nitrogens with one attached hydrogen (secondary N) is 2. The summed E-state index contributed by atoms with van der Waals surface area (Å²) in [6.45, 7) is -0.135. The second kappa shape index (κ2) is 22.3. The number of carbonyl (C=O) groups is 3. The number of fused-ring (bicyclic) bond motifs is 1. The minimum absolute atomic E-state index is 0.0101. The van der Waals surface area contributed by atoms with Crippen molar-refractivity contribution in [2.45, 2.75) is 31.2 Å². The molecule has 2 heterocycles. The molecule has 6 N–H and O–H groups in total. The fourth-order valence-corrected chi connectivity index (χ4v) is 4.89. The minimum atomic E-state index is -4.78. The number of ether oxygens (including phenoxy) is 5. The molecule has 31 heteroatoms. The van der Waals surface area contributed by atoms with Crippen molar-refractivity contribution < 1.29 is 107 Å². The summed E-state index contributed by atoms with van der Waals surface area (Å²) in [5.41, 5.74) is 0. The zero-order chi connectivity index (χ0) is 39.6. The molecule has 2 aliphatic heterocycles. The number of hydrogen-bond acceptors (Lipinski definition) is 20. The molecular weight excluding hydrogens is 794 g/mol. The number of nitrogens with zero attached hydrogens (tertiary/aromatic N) is 1. The van der Waals surface area contributed by atoms with Crippen molar-refractivity contribution in [1.82, 2.24) is 15.5 Å². The third-order valence-corrected chi connectivity index (χ3v) is 7.55. The quantitative estimate of drug-likeness (QED) is 0.0675. The maximum atomic E-state index is 11.2. The van der Waals surface area contributed by atoms with Gasteiger partial charge in [-0.25, -0.2) is 31.1 Å². The maximum Gasteiger partial charge on any atom is 0.409 e. The van der Waals surface area contributed by atoms with E-state index in [-0.39, 0.29) is 31.3 Å². The Morgan fingerprint density at radius 2 is 1.12 bits per heavy atom. The molecule has 0 unspecified atom stereocenters. The first-order valence-electron chi connectivity index (χ1n) is 13.5. The van der Waals surface area contributed by atoms with E-state index in [9.17, 15) is 48.1 Å². The molecule has 0 saturated carbocycles. The van der Waals surface area contributed by atoms with E-state index in [4.69, 9.17) is 27.7 Å². The monoisotopic (exact) mass is 833 g/mol. The van der Waals surface area contributed by atoms with E-state index in [1.54, 1.807) is 0 Å². The Kier molecular flexibility index (Phi) is 21.1. The van der Waals surface area contributed by atoms with Crippen LogP contribution in [0.5, 0.6) is 0 Å². The normalized spacial score (nSPS) is 20.1. The van der Waals surface area contributed by atoms with Crippen LogP contribution in [0.1, 0.15) is 6.92 Å². The summed E-state index contributed by atoms with van der Waals surface area (Å²) < 4.78 is 155. The predicted molar refractivity (Wildman–Crippen MR) is 161 cm³/mol. The van der Waals surface area contributed by atoms with Crippen LogP contribution >= 0.6 is 0 Å². The summed E-state index contributed by atoms with van der Waals surface area (Å²) in [5, 5.41) is 4.66. The molecule has 4 atom stereocenters. The number of hydrogen-bond donors (Lipinski definition) is 6. The van der Waals surface area contributed by atoms with Crippen molar-refractivity contribution in [1.29, 1.82) is 0 Å². The van der Waals surface area contributed by atoms with Crippen molar-refractivity contribution in [2.24, 2.45) is 5.92 Å². The molecule has 0 radical (unpaired) electrons. The zero-order valence-corrected chi connectivity index (χ0v) is 30.3. The fraction of sp³-hybridized carbons (Fsp3) is 0.850. The summed E-state index contributed by atoms with van der Waals surface area (Å²) in [7, 11) is -15.4. The lowest BCUT2D eigenvalue weighted by atomic mass is 10.0. The van der Waals surface area contributed by atoms with E-state index in [2.05, 4.69) is 43.2 Å². The molecule has 2 aliphatic rings. The molecule has 0 aromatic carbocycles. The van der Waals surface area contributed by atoms with Crippen molar-refractivity contribution in [3.63, 3.8) is 0 Å². The maximum absolute atomic E-state index is 11.2. The number of amides is 3. The molecule has 0 bridgehead atoms. The summed E-state index contributed by atoms with van der Waals surface area (Å²) in [6.07, 6.45) is -2.25. The minimum Gasteiger partial charge on any atom is -0.453 e. The second-order valence-electron chi connectivity index (χ2n) is 9.53. The van der Waals surface area contributed by atoms with Gasteiger partial charge in [0.25, 0.3) is 0 Å². The van der Waals surface area contributed by atoms with Gasteiger partial charge >= 0.3 is 59.9 Å². The SMILES string of the molecule is COC(=O)N(CCOS(=O)(=O)O)CCOS(=O)(=O)O.COC(=O)NC(COS(=O)(=O)O)COS(=O)(=O)O.COC(=O)N[C@H]1CO[C@H]2[C@@H]1OC[C@H]2C. The highest BCUT2D eigenvalue weighted by Gasteiger charge is 2.46. The van der Waals surface area contributed by atoms with Gasteiger partial charge in [0.05, 0.1) is 79.2 Å². The Hall–Kier alpha value is -2.79. The highest BCUT2D eigenvalue weighted by molar-refractivity contribution is 7.81. The van der Waals surface area contributed by atoms with Gasteiger partial charge in [-0.1, -0.05) is 6.92 Å². The molecule has 0 aliphatic carbocycles. The first kappa shape index (κ1) is 48.2. The highest BCUT2D eigenvalue weighted by atomic mass is 32.3. The van der Waals surface area contributed by atoms with Crippen LogP contribution < -0.4 is 10.6 Å². The van der Waals surface area contributed by atoms with Gasteiger partial charge in [0.15, 0.2) is 0 Å². The van der Waals surface area contributed by atoms with Crippen LogP contribution in [0.3, 0.4) is 0 Å². The third-order valence-electron chi connectivity index (χ3n) is 5.75. The number of methoxy groups -OCH3 is 3. The van der Waals surface area contributed by atoms with Crippen LogP contribution in [-0.2, 0) is 82.0 Å². The van der Waals surface area contributed by atoms with Gasteiger partial charge in [-0.05, 0) is 0 Å². The average molecular weight is 834 g/mol. The van der Waals surface area contributed by atoms with E-state index in [1.165, 1.54) is 7.11 Å². The van der Waals surface area contributed by atoms with Crippen LogP contribution in [0, 0.1) is 5.92 Å². The summed E-state index contributed by atoms with van der Waals surface area (Å²) in [6, 6.07) is -1.38. The standard InChI is InChI=1S/C9H15NO4.C6H13NO10S2.C5H11NO10S2/c1-5-3-13-8-6(4-14-7(5)8)10-9(11)12-2;1-15-6(8)7(2-4-16-18(9,10)11)3-5-17-19(12,13)14;1-14-5(7)6-4(2-15-17(8,9)10)3-16-18(11,12)13/h5-8H,3-4H2,1-2H3,(H,10,11);2-5H2,1H3,(H,9,10,11)(H,12,13,14);4H,2-3H2,1H3,(H,6,7)(H,8,9,10)(H,11,12,13)/t5-,6+,7-,8-;;/m1../s1. The van der Waals surface area contributed by atoms with Gasteiger partial charge in [-0.3, -0.25) is 18.2 Å². The lowest BCUT2D eigenvalue weighted by Crippen LogP contribution is -2.43. The van der Waals surface area contributed by atoms with Crippen LogP contribution in [0.2, 0.25) is 0 Å². The zero-order valence-electron chi connectivity index (χ0n) is 27.1. The summed E-state index contributed by atoms with van der Waals surface area (Å²) in [5.74, 6) is 0.407. The Bertz CT molecular complexity index is 1460. The molecule has 0 aromatic heterocycles. The van der Waals surface area contributed by atoms with E-state index in [1.807, 2.05) is 5.32 Å². The summed E-state index contributed by atoms with van der Waals surface area (Å²) in [4.78, 5) is 33.8. The van der Waals surface area contributed by atoms with Crippen LogP contribution in [0.4, 0.5) is 14.4 Å². The molecule has 2 fully saturated rings. The van der Waals surface area contributed by atoms with Gasteiger partial charge < -0.3 is 39.2 Å². The Morgan fingerprint density at radius 1 is 0.686 bits per heavy atom. The van der Waals surface area contributed by atoms with Crippen LogP contribution in [0.15, 0.2) is 0 Å². The third kappa shape index (κ3) is 24.2. The van der Waals surface area contributed by atoms with Crippen molar-refractivity contribution in [2.75, 3.05) is 74.1 Å². The molecule has 2 saturated heterocycles. The topological polar surface area (TPSA) is 379 Å². The van der Waals surface area contributed by atoms with Crippen LogP contribution in [0.25, 0.3) is 0 Å². The van der Waals surface area contributed by atoms with Crippen molar-refractivity contribution in [3.8, 4) is 0 Å². The molecule has 3 amide bonds. The number of rotatable bonds is 16. The lowest BCUT2D eigenvalue weighted by Gasteiger charge is -2.19. The Balaban J connectivity index is 0.000000742. The first-order chi connectivity index (χ1) is 23.3. The molecule has 2 rings (SSSR count). The van der Waals surface area contributed by atoms with E-state index < -0.39 is 92.3 Å². The second-order valence-corrected chi connectivity index (χ2v) is 13.9. The predicted octanol–water partition coefficient (Wildman–Crippen LogP) is -2.81. The van der Waals surface area contributed by atoms with Crippen molar-refractivity contribution in [3.05, 3.63) is 0 Å². The molecule has 0 aromatic rings. The van der Waals surface area contributed by atoms with Gasteiger partial charge in [0, 0.05) is 19.0 Å².